The van der Waals surface area contributed by atoms with Crippen LogP contribution in [0.25, 0.3) is 5.78 Å². The van der Waals surface area contributed by atoms with E-state index in [0.29, 0.717) is 28.7 Å². The zero-order chi connectivity index (χ0) is 20.3. The molecule has 0 atom stereocenters. The molecule has 0 aliphatic heterocycles. The summed E-state index contributed by atoms with van der Waals surface area (Å²) in [5.41, 5.74) is 3.07. The summed E-state index contributed by atoms with van der Waals surface area (Å²) in [5, 5.41) is 5.06. The van der Waals surface area contributed by atoms with E-state index in [1.54, 1.807) is 28.8 Å². The van der Waals surface area contributed by atoms with Gasteiger partial charge in [0.25, 0.3) is 5.78 Å². The zero-order valence-corrected chi connectivity index (χ0v) is 16.9. The normalized spacial score (nSPS) is 10.9. The van der Waals surface area contributed by atoms with Crippen LogP contribution in [0.15, 0.2) is 29.4 Å². The van der Waals surface area contributed by atoms with Crippen molar-refractivity contribution >= 4 is 29.5 Å². The predicted octanol–water partition coefficient (Wildman–Crippen LogP) is 2.79. The number of carbonyl (C=O) groups is 2. The number of hydrogen-bond donors (Lipinski definition) is 0. The van der Waals surface area contributed by atoms with Crippen LogP contribution >= 0.6 is 11.8 Å². The second-order valence-corrected chi connectivity index (χ2v) is 6.83. The van der Waals surface area contributed by atoms with E-state index in [0.717, 1.165) is 17.0 Å². The molecule has 146 valence electrons. The highest BCUT2D eigenvalue weighted by Crippen LogP contribution is 2.19. The minimum Gasteiger partial charge on any atom is -0.465 e. The van der Waals surface area contributed by atoms with Gasteiger partial charge in [0.15, 0.2) is 0 Å². The number of carbonyl (C=O) groups excluding carboxylic acids is 2. The molecule has 3 rings (SSSR count). The van der Waals surface area contributed by atoms with Crippen molar-refractivity contribution in [2.45, 2.75) is 31.8 Å². The van der Waals surface area contributed by atoms with Crippen molar-refractivity contribution in [3.05, 3.63) is 46.8 Å². The molecule has 3 aromatic rings. The Morgan fingerprint density at radius 1 is 1.14 bits per heavy atom. The molecule has 0 unspecified atom stereocenters. The molecule has 28 heavy (non-hydrogen) atoms. The predicted molar refractivity (Wildman–Crippen MR) is 104 cm³/mol. The Morgan fingerprint density at radius 3 is 2.50 bits per heavy atom. The summed E-state index contributed by atoms with van der Waals surface area (Å²) in [6.45, 7) is 3.83. The number of aromatic nitrogens is 4. The summed E-state index contributed by atoms with van der Waals surface area (Å²) >= 11 is 1.45. The molecule has 0 amide bonds. The number of hydrogen-bond acceptors (Lipinski definition) is 8. The molecule has 8 nitrogen and oxygen atoms in total. The van der Waals surface area contributed by atoms with Gasteiger partial charge in [-0.05, 0) is 56.4 Å². The summed E-state index contributed by atoms with van der Waals surface area (Å²) in [6.07, 6.45) is 2.58. The van der Waals surface area contributed by atoms with Gasteiger partial charge in [0.2, 0.25) is 5.16 Å². The topological polar surface area (TPSA) is 95.7 Å². The number of methoxy groups -OCH3 is 1. The van der Waals surface area contributed by atoms with E-state index < -0.39 is 5.97 Å². The lowest BCUT2D eigenvalue weighted by Crippen LogP contribution is -2.12. The van der Waals surface area contributed by atoms with E-state index in [1.165, 1.54) is 18.9 Å². The van der Waals surface area contributed by atoms with Gasteiger partial charge < -0.3 is 9.47 Å². The van der Waals surface area contributed by atoms with Gasteiger partial charge in [0.05, 0.1) is 19.1 Å². The molecule has 0 spiro atoms. The molecule has 0 aliphatic carbocycles. The maximum absolute atomic E-state index is 12.2. The van der Waals surface area contributed by atoms with Crippen molar-refractivity contribution in [3.8, 4) is 5.75 Å². The van der Waals surface area contributed by atoms with Crippen LogP contribution < -0.4 is 4.74 Å². The van der Waals surface area contributed by atoms with Crippen LogP contribution in [0.4, 0.5) is 0 Å². The highest BCUT2D eigenvalue weighted by Gasteiger charge is 2.15. The number of rotatable bonds is 6. The van der Waals surface area contributed by atoms with Crippen LogP contribution in [0, 0.1) is 13.8 Å². The second kappa shape index (κ2) is 8.39. The Balaban J connectivity index is 1.68. The summed E-state index contributed by atoms with van der Waals surface area (Å²) < 4.78 is 11.7. The molecule has 0 aliphatic rings. The Hall–Kier alpha value is -2.94. The summed E-state index contributed by atoms with van der Waals surface area (Å²) in [5.74, 6) is 0.120. The lowest BCUT2D eigenvalue weighted by atomic mass is 10.1. The van der Waals surface area contributed by atoms with Crippen LogP contribution in [0.3, 0.4) is 0 Å². The highest BCUT2D eigenvalue weighted by atomic mass is 32.2. The van der Waals surface area contributed by atoms with Crippen molar-refractivity contribution in [2.75, 3.05) is 13.4 Å². The third kappa shape index (κ3) is 4.14. The molecular weight excluding hydrogens is 380 g/mol. The average molecular weight is 400 g/mol. The Morgan fingerprint density at radius 2 is 1.86 bits per heavy atom. The summed E-state index contributed by atoms with van der Waals surface area (Å²) in [4.78, 5) is 32.5. The minimum atomic E-state index is -0.440. The lowest BCUT2D eigenvalue weighted by molar-refractivity contribution is -0.134. The van der Waals surface area contributed by atoms with Crippen molar-refractivity contribution < 1.29 is 19.1 Å². The first-order chi connectivity index (χ1) is 13.4. The fraction of sp³-hybridized carbons (Fsp3) is 0.316. The standard InChI is InChI=1S/C19H20N4O4S/c1-11-15(12(2)23-18(20-11)21-19(22-23)28-4)9-10-16(24)27-14-7-5-13(6-8-14)17(25)26-3/h5-8H,9-10H2,1-4H3. The van der Waals surface area contributed by atoms with Gasteiger partial charge in [-0.2, -0.15) is 4.98 Å². The second-order valence-electron chi connectivity index (χ2n) is 6.06. The van der Waals surface area contributed by atoms with E-state index in [1.807, 2.05) is 20.1 Å². The molecule has 1 aromatic carbocycles. The van der Waals surface area contributed by atoms with Gasteiger partial charge in [-0.25, -0.2) is 14.3 Å². The Labute approximate surface area is 166 Å². The molecular formula is C19H20N4O4S. The van der Waals surface area contributed by atoms with Crippen LogP contribution in [0.5, 0.6) is 5.75 Å². The maximum atomic E-state index is 12.2. The number of fused-ring (bicyclic) bond motifs is 1. The fourth-order valence-electron chi connectivity index (χ4n) is 2.82. The molecule has 2 aromatic heterocycles. The van der Waals surface area contributed by atoms with Gasteiger partial charge >= 0.3 is 11.9 Å². The van der Waals surface area contributed by atoms with E-state index in [4.69, 9.17) is 4.74 Å². The molecule has 0 saturated carbocycles. The zero-order valence-electron chi connectivity index (χ0n) is 16.1. The van der Waals surface area contributed by atoms with Gasteiger partial charge in [0.1, 0.15) is 5.75 Å². The Bertz CT molecular complexity index is 1030. The molecule has 9 heteroatoms. The highest BCUT2D eigenvalue weighted by molar-refractivity contribution is 7.98. The van der Waals surface area contributed by atoms with Crippen LogP contribution in [0.2, 0.25) is 0 Å². The smallest absolute Gasteiger partial charge is 0.337 e. The third-order valence-corrected chi connectivity index (χ3v) is 4.84. The molecule has 0 saturated heterocycles. The van der Waals surface area contributed by atoms with Gasteiger partial charge in [0, 0.05) is 11.4 Å². The van der Waals surface area contributed by atoms with E-state index in [2.05, 4.69) is 19.8 Å². The molecule has 2 heterocycles. The Kier molecular flexibility index (Phi) is 5.93. The SMILES string of the molecule is COC(=O)c1ccc(OC(=O)CCc2c(C)nc3nc(SC)nn3c2C)cc1. The quantitative estimate of drug-likeness (QED) is 0.354. The van der Waals surface area contributed by atoms with Crippen LogP contribution in [0.1, 0.15) is 33.7 Å². The maximum Gasteiger partial charge on any atom is 0.337 e. The van der Waals surface area contributed by atoms with Crippen LogP contribution in [-0.4, -0.2) is 44.9 Å². The first kappa shape index (κ1) is 19.8. The minimum absolute atomic E-state index is 0.192. The van der Waals surface area contributed by atoms with Gasteiger partial charge in [-0.3, -0.25) is 4.79 Å². The first-order valence-corrected chi connectivity index (χ1v) is 9.81. The van der Waals surface area contributed by atoms with E-state index in [-0.39, 0.29) is 12.4 Å². The average Bonchev–Trinajstić information content (AvgIpc) is 3.11. The summed E-state index contributed by atoms with van der Waals surface area (Å²) in [6, 6.07) is 6.23. The number of nitrogens with zero attached hydrogens (tertiary/aromatic N) is 4. The first-order valence-electron chi connectivity index (χ1n) is 8.58. The summed E-state index contributed by atoms with van der Waals surface area (Å²) in [7, 11) is 1.31. The largest absolute Gasteiger partial charge is 0.465 e. The molecule has 0 bridgehead atoms. The van der Waals surface area contributed by atoms with Gasteiger partial charge in [-0.1, -0.05) is 11.8 Å². The number of benzene rings is 1. The number of esters is 2. The van der Waals surface area contributed by atoms with Crippen molar-refractivity contribution in [1.82, 2.24) is 19.6 Å². The van der Waals surface area contributed by atoms with Crippen molar-refractivity contribution in [2.24, 2.45) is 0 Å². The fourth-order valence-corrected chi connectivity index (χ4v) is 3.16. The number of thioether (sulfide) groups is 1. The van der Waals surface area contributed by atoms with Crippen molar-refractivity contribution in [1.29, 1.82) is 0 Å². The lowest BCUT2D eigenvalue weighted by Gasteiger charge is -2.10. The van der Waals surface area contributed by atoms with E-state index in [9.17, 15) is 9.59 Å². The molecule has 0 radical (unpaired) electrons. The molecule has 0 fully saturated rings. The monoisotopic (exact) mass is 400 g/mol. The number of aryl methyl sites for hydroxylation is 2. The number of ether oxygens (including phenoxy) is 2. The molecule has 0 N–H and O–H groups in total. The van der Waals surface area contributed by atoms with Gasteiger partial charge in [-0.15, -0.1) is 5.10 Å². The van der Waals surface area contributed by atoms with Crippen LogP contribution in [-0.2, 0) is 16.0 Å². The third-order valence-electron chi connectivity index (χ3n) is 4.30. The van der Waals surface area contributed by atoms with E-state index >= 15 is 0 Å². The van der Waals surface area contributed by atoms with Crippen molar-refractivity contribution in [3.63, 3.8) is 0 Å².